The van der Waals surface area contributed by atoms with Crippen LogP contribution in [0.15, 0.2) is 42.5 Å². The van der Waals surface area contributed by atoms with Crippen molar-refractivity contribution >= 4 is 0 Å². The molecule has 1 atom stereocenters. The molecule has 0 aromatic heterocycles. The van der Waals surface area contributed by atoms with Crippen molar-refractivity contribution in [3.05, 3.63) is 59.2 Å². The van der Waals surface area contributed by atoms with Gasteiger partial charge in [-0.3, -0.25) is 4.90 Å². The Bertz CT molecular complexity index is 828. The topological polar surface area (TPSA) is 24.9 Å². The quantitative estimate of drug-likeness (QED) is 0.539. The van der Waals surface area contributed by atoms with Crippen LogP contribution in [0.4, 0.5) is 0 Å². The van der Waals surface area contributed by atoms with Crippen LogP contribution in [-0.2, 0) is 6.54 Å². The second-order valence-electron chi connectivity index (χ2n) is 9.31. The highest BCUT2D eigenvalue weighted by Crippen LogP contribution is 2.36. The number of hydrogen-bond donors (Lipinski definition) is 0. The van der Waals surface area contributed by atoms with Crippen LogP contribution in [0, 0.1) is 0 Å². The summed E-state index contributed by atoms with van der Waals surface area (Å²) in [6.45, 7) is 11.1. The van der Waals surface area contributed by atoms with Crippen LogP contribution in [0.2, 0.25) is 0 Å². The van der Waals surface area contributed by atoms with Gasteiger partial charge >= 0.3 is 0 Å². The number of rotatable bonds is 8. The maximum atomic E-state index is 6.17. The Hall–Kier alpha value is -2.04. The average molecular weight is 423 g/mol. The molecule has 0 aliphatic carbocycles. The highest BCUT2D eigenvalue weighted by molar-refractivity contribution is 5.45. The number of methoxy groups -OCH3 is 1. The van der Waals surface area contributed by atoms with Gasteiger partial charge in [-0.1, -0.05) is 24.6 Å². The maximum Gasteiger partial charge on any atom is 0.119 e. The van der Waals surface area contributed by atoms with Gasteiger partial charge in [0.05, 0.1) is 13.7 Å². The number of nitrogens with zero attached hydrogens (tertiary/aromatic N) is 2. The summed E-state index contributed by atoms with van der Waals surface area (Å²) in [6, 6.07) is 15.8. The summed E-state index contributed by atoms with van der Waals surface area (Å²) in [5, 5.41) is 0. The third-order valence-electron chi connectivity index (χ3n) is 6.86. The fraction of sp³-hybridized carbons (Fsp3) is 0.556. The fourth-order valence-electron chi connectivity index (χ4n) is 4.94. The number of benzene rings is 2. The Morgan fingerprint density at radius 2 is 1.71 bits per heavy atom. The maximum absolute atomic E-state index is 6.17. The lowest BCUT2D eigenvalue weighted by atomic mass is 9.84. The highest BCUT2D eigenvalue weighted by atomic mass is 16.5. The van der Waals surface area contributed by atoms with Gasteiger partial charge in [0.2, 0.25) is 0 Å². The van der Waals surface area contributed by atoms with Crippen molar-refractivity contribution in [2.45, 2.75) is 58.0 Å². The van der Waals surface area contributed by atoms with Gasteiger partial charge in [0.1, 0.15) is 11.5 Å². The number of piperidine rings is 1. The molecule has 0 amide bonds. The minimum Gasteiger partial charge on any atom is -0.497 e. The standard InChI is InChI=1S/C27H38N2O2/c1-21(2)29-19-23-18-25(31-17-7-16-28-14-5-4-6-15-28)12-13-26(23)27(20-29)22-8-10-24(30-3)11-9-22/h8-13,18,21,27H,4-7,14-17,19-20H2,1-3H3. The van der Waals surface area contributed by atoms with Crippen molar-refractivity contribution in [1.29, 1.82) is 0 Å². The number of likely N-dealkylation sites (tertiary alicyclic amines) is 1. The minimum atomic E-state index is 0.380. The van der Waals surface area contributed by atoms with Crippen molar-refractivity contribution in [2.75, 3.05) is 39.9 Å². The summed E-state index contributed by atoms with van der Waals surface area (Å²) in [5.74, 6) is 2.30. The molecule has 0 bridgehead atoms. The molecule has 168 valence electrons. The van der Waals surface area contributed by atoms with Gasteiger partial charge in [-0.2, -0.15) is 0 Å². The van der Waals surface area contributed by atoms with E-state index in [0.717, 1.165) is 44.2 Å². The zero-order valence-electron chi connectivity index (χ0n) is 19.5. The van der Waals surface area contributed by atoms with E-state index in [-0.39, 0.29) is 0 Å². The van der Waals surface area contributed by atoms with Crippen molar-refractivity contribution in [2.24, 2.45) is 0 Å². The zero-order chi connectivity index (χ0) is 21.6. The van der Waals surface area contributed by atoms with Gasteiger partial charge in [0, 0.05) is 31.6 Å². The molecule has 1 unspecified atom stereocenters. The van der Waals surface area contributed by atoms with Crippen molar-refractivity contribution in [3.63, 3.8) is 0 Å². The molecular weight excluding hydrogens is 384 g/mol. The molecule has 2 aromatic rings. The summed E-state index contributed by atoms with van der Waals surface area (Å²) >= 11 is 0. The molecule has 4 rings (SSSR count). The van der Waals surface area contributed by atoms with Gasteiger partial charge in [0.15, 0.2) is 0 Å². The first-order valence-electron chi connectivity index (χ1n) is 12.0. The minimum absolute atomic E-state index is 0.380. The molecule has 0 spiro atoms. The van der Waals surface area contributed by atoms with E-state index in [1.165, 1.54) is 49.0 Å². The SMILES string of the molecule is COc1ccc(C2CN(C(C)C)Cc3cc(OCCCN4CCCCC4)ccc32)cc1. The van der Waals surface area contributed by atoms with E-state index in [1.54, 1.807) is 7.11 Å². The molecule has 0 radical (unpaired) electrons. The summed E-state index contributed by atoms with van der Waals surface area (Å²) in [5.41, 5.74) is 4.18. The Kier molecular flexibility index (Phi) is 7.52. The summed E-state index contributed by atoms with van der Waals surface area (Å²) in [7, 11) is 1.72. The van der Waals surface area contributed by atoms with Gasteiger partial charge in [-0.05, 0) is 87.2 Å². The van der Waals surface area contributed by atoms with Crippen LogP contribution < -0.4 is 9.47 Å². The van der Waals surface area contributed by atoms with E-state index in [0.29, 0.717) is 12.0 Å². The van der Waals surface area contributed by atoms with Crippen molar-refractivity contribution in [1.82, 2.24) is 9.80 Å². The number of ether oxygens (including phenoxy) is 2. The molecular formula is C27H38N2O2. The van der Waals surface area contributed by atoms with Crippen molar-refractivity contribution in [3.8, 4) is 11.5 Å². The average Bonchev–Trinajstić information content (AvgIpc) is 2.81. The van der Waals surface area contributed by atoms with Crippen molar-refractivity contribution < 1.29 is 9.47 Å². The molecule has 0 N–H and O–H groups in total. The molecule has 31 heavy (non-hydrogen) atoms. The lowest BCUT2D eigenvalue weighted by Crippen LogP contribution is -2.38. The van der Waals surface area contributed by atoms with E-state index >= 15 is 0 Å². The van der Waals surface area contributed by atoms with E-state index < -0.39 is 0 Å². The van der Waals surface area contributed by atoms with Gasteiger partial charge < -0.3 is 14.4 Å². The largest absolute Gasteiger partial charge is 0.497 e. The van der Waals surface area contributed by atoms with E-state index in [4.69, 9.17) is 9.47 Å². The smallest absolute Gasteiger partial charge is 0.119 e. The second-order valence-corrected chi connectivity index (χ2v) is 9.31. The molecule has 2 aliphatic heterocycles. The molecule has 4 nitrogen and oxygen atoms in total. The van der Waals surface area contributed by atoms with Gasteiger partial charge in [0.25, 0.3) is 0 Å². The highest BCUT2D eigenvalue weighted by Gasteiger charge is 2.28. The lowest BCUT2D eigenvalue weighted by molar-refractivity contribution is 0.191. The van der Waals surface area contributed by atoms with Crippen LogP contribution >= 0.6 is 0 Å². The normalized spacial score (nSPS) is 19.9. The summed E-state index contributed by atoms with van der Waals surface area (Å²) in [6.07, 6.45) is 5.21. The van der Waals surface area contributed by atoms with Crippen LogP contribution in [0.25, 0.3) is 0 Å². The summed E-state index contributed by atoms with van der Waals surface area (Å²) in [4.78, 5) is 5.15. The van der Waals surface area contributed by atoms with Crippen LogP contribution in [-0.4, -0.2) is 55.7 Å². The van der Waals surface area contributed by atoms with E-state index in [1.807, 2.05) is 0 Å². The molecule has 2 heterocycles. The van der Waals surface area contributed by atoms with Crippen LogP contribution in [0.1, 0.15) is 62.1 Å². The molecule has 0 saturated carbocycles. The number of fused-ring (bicyclic) bond motifs is 1. The number of hydrogen-bond acceptors (Lipinski definition) is 4. The third-order valence-corrected chi connectivity index (χ3v) is 6.86. The van der Waals surface area contributed by atoms with E-state index in [2.05, 4.69) is 66.1 Å². The molecule has 1 saturated heterocycles. The predicted octanol–water partition coefficient (Wildman–Crippen LogP) is 5.31. The molecule has 1 fully saturated rings. The Morgan fingerprint density at radius 3 is 2.42 bits per heavy atom. The Labute approximate surface area is 188 Å². The molecule has 4 heteroatoms. The van der Waals surface area contributed by atoms with Gasteiger partial charge in [-0.15, -0.1) is 0 Å². The zero-order valence-corrected chi connectivity index (χ0v) is 19.5. The summed E-state index contributed by atoms with van der Waals surface area (Å²) < 4.78 is 11.5. The third kappa shape index (κ3) is 5.61. The molecule has 2 aliphatic rings. The molecule has 2 aromatic carbocycles. The lowest BCUT2D eigenvalue weighted by Gasteiger charge is -2.37. The second kappa shape index (κ2) is 10.5. The first-order valence-corrected chi connectivity index (χ1v) is 12.0. The van der Waals surface area contributed by atoms with Crippen LogP contribution in [0.5, 0.6) is 11.5 Å². The monoisotopic (exact) mass is 422 g/mol. The first-order chi connectivity index (χ1) is 15.1. The predicted molar refractivity (Wildman–Crippen MR) is 127 cm³/mol. The van der Waals surface area contributed by atoms with E-state index in [9.17, 15) is 0 Å². The van der Waals surface area contributed by atoms with Crippen LogP contribution in [0.3, 0.4) is 0 Å². The Morgan fingerprint density at radius 1 is 0.968 bits per heavy atom. The Balaban J connectivity index is 1.44. The fourth-order valence-corrected chi connectivity index (χ4v) is 4.94. The first kappa shape index (κ1) is 22.2. The van der Waals surface area contributed by atoms with Gasteiger partial charge in [-0.25, -0.2) is 0 Å².